The fourth-order valence-corrected chi connectivity index (χ4v) is 2.79. The summed E-state index contributed by atoms with van der Waals surface area (Å²) in [6, 6.07) is 6.64. The second kappa shape index (κ2) is 11.2. The van der Waals surface area contributed by atoms with Crippen LogP contribution in [0.4, 0.5) is 0 Å². The molecule has 2 unspecified atom stereocenters. The van der Waals surface area contributed by atoms with E-state index < -0.39 is 12.4 Å². The van der Waals surface area contributed by atoms with Crippen LogP contribution < -0.4 is 0 Å². The molecule has 2 atom stereocenters. The molecule has 2 rings (SSSR count). The van der Waals surface area contributed by atoms with E-state index in [0.717, 1.165) is 25.0 Å². The third kappa shape index (κ3) is 6.50. The Bertz CT molecular complexity index is 752. The maximum absolute atomic E-state index is 12.6. The van der Waals surface area contributed by atoms with Crippen LogP contribution in [-0.4, -0.2) is 37.9 Å². The Kier molecular flexibility index (Phi) is 8.69. The average Bonchev–Trinajstić information content (AvgIpc) is 2.74. The number of hydrogen-bond acceptors (Lipinski definition) is 7. The van der Waals surface area contributed by atoms with Crippen LogP contribution in [-0.2, 0) is 25.6 Å². The van der Waals surface area contributed by atoms with Crippen LogP contribution in [0.25, 0.3) is 0 Å². The van der Waals surface area contributed by atoms with Crippen LogP contribution in [0, 0.1) is 17.2 Å². The summed E-state index contributed by atoms with van der Waals surface area (Å²) in [4.78, 5) is 12.6. The Hall–Kier alpha value is -2.66. The molecule has 28 heavy (non-hydrogen) atoms. The summed E-state index contributed by atoms with van der Waals surface area (Å²) in [5.41, 5.74) is 1.07. The van der Waals surface area contributed by atoms with Crippen LogP contribution in [0.1, 0.15) is 40.7 Å². The second-order valence-corrected chi connectivity index (χ2v) is 6.34. The maximum atomic E-state index is 12.6. The van der Waals surface area contributed by atoms with Crippen LogP contribution in [0.3, 0.4) is 0 Å². The molecule has 1 aliphatic carbocycles. The minimum absolute atomic E-state index is 0.0716. The third-order valence-electron chi connectivity index (χ3n) is 4.39. The van der Waals surface area contributed by atoms with Crippen molar-refractivity contribution < 1.29 is 28.8 Å². The van der Waals surface area contributed by atoms with Gasteiger partial charge < -0.3 is 24.1 Å². The van der Waals surface area contributed by atoms with Gasteiger partial charge in [0, 0.05) is 6.42 Å². The van der Waals surface area contributed by atoms with Gasteiger partial charge in [-0.3, -0.25) is 0 Å². The highest BCUT2D eigenvalue weighted by atomic mass is 16.8. The summed E-state index contributed by atoms with van der Waals surface area (Å²) in [5.74, 6) is 0.663. The highest BCUT2D eigenvalue weighted by Gasteiger charge is 2.20. The molecule has 150 valence electrons. The van der Waals surface area contributed by atoms with Crippen LogP contribution in [0.15, 0.2) is 42.7 Å². The molecule has 0 saturated heterocycles. The minimum Gasteiger partial charge on any atom is -0.501 e. The number of aliphatic hydroxyl groups is 1. The van der Waals surface area contributed by atoms with Crippen molar-refractivity contribution in [2.45, 2.75) is 32.3 Å². The number of carbonyl (C=O) groups is 1. The van der Waals surface area contributed by atoms with Crippen LogP contribution in [0.5, 0.6) is 0 Å². The van der Waals surface area contributed by atoms with Gasteiger partial charge in [-0.15, -0.1) is 6.58 Å². The van der Waals surface area contributed by atoms with Gasteiger partial charge in [0.15, 0.2) is 0 Å². The molecule has 0 amide bonds. The van der Waals surface area contributed by atoms with Crippen LogP contribution >= 0.6 is 0 Å². The molecule has 1 aromatic rings. The Morgan fingerprint density at radius 2 is 2.29 bits per heavy atom. The van der Waals surface area contributed by atoms with Crippen molar-refractivity contribution in [3.8, 4) is 6.07 Å². The quantitative estimate of drug-likeness (QED) is 0.374. The molecule has 7 nitrogen and oxygen atoms in total. The van der Waals surface area contributed by atoms with E-state index in [1.807, 2.05) is 12.1 Å². The molecule has 0 spiro atoms. The summed E-state index contributed by atoms with van der Waals surface area (Å²) in [6.07, 6.45) is 5.99. The lowest BCUT2D eigenvalue weighted by Gasteiger charge is -2.21. The molecule has 7 heteroatoms. The predicted molar refractivity (Wildman–Crippen MR) is 101 cm³/mol. The van der Waals surface area contributed by atoms with Crippen LogP contribution in [0.2, 0.25) is 0 Å². The zero-order valence-electron chi connectivity index (χ0n) is 15.9. The lowest BCUT2D eigenvalue weighted by atomic mass is 9.94. The lowest BCUT2D eigenvalue weighted by Crippen LogP contribution is -2.19. The van der Waals surface area contributed by atoms with Gasteiger partial charge in [-0.05, 0) is 42.5 Å². The standard InChI is InChI=1S/C21H25NO6/c1-3-10-26-21(24)28-14-17-7-4-16(12-22)11-19(17)20(23)27-13-15-5-8-18(25-2)9-6-15/h3-4,7-8,11,15,21,24H,1,5-6,9-10,13-14H2,2H3. The van der Waals surface area contributed by atoms with Gasteiger partial charge in [0.05, 0.1) is 49.9 Å². The summed E-state index contributed by atoms with van der Waals surface area (Å²) in [5, 5.41) is 18.7. The molecular weight excluding hydrogens is 362 g/mol. The summed E-state index contributed by atoms with van der Waals surface area (Å²) in [6.45, 7) is 2.38. The van der Waals surface area contributed by atoms with Crippen molar-refractivity contribution in [3.63, 3.8) is 0 Å². The zero-order chi connectivity index (χ0) is 20.4. The number of aliphatic hydroxyl groups excluding tert-OH is 1. The number of ether oxygens (including phenoxy) is 4. The highest BCUT2D eigenvalue weighted by Crippen LogP contribution is 2.24. The first-order valence-electron chi connectivity index (χ1n) is 9.02. The molecule has 1 N–H and O–H groups in total. The smallest absolute Gasteiger partial charge is 0.338 e. The van der Waals surface area contributed by atoms with Gasteiger partial charge >= 0.3 is 5.97 Å². The number of rotatable bonds is 10. The monoisotopic (exact) mass is 387 g/mol. The summed E-state index contributed by atoms with van der Waals surface area (Å²) >= 11 is 0. The van der Waals surface area contributed by atoms with Crippen molar-refractivity contribution in [2.75, 3.05) is 20.3 Å². The number of methoxy groups -OCH3 is 1. The van der Waals surface area contributed by atoms with Crippen molar-refractivity contribution in [1.82, 2.24) is 0 Å². The Morgan fingerprint density at radius 1 is 1.46 bits per heavy atom. The first-order chi connectivity index (χ1) is 13.6. The number of allylic oxidation sites excluding steroid dienone is 2. The molecule has 0 fully saturated rings. The van der Waals surface area contributed by atoms with Gasteiger partial charge in [-0.25, -0.2) is 4.79 Å². The molecular formula is C21H25NO6. The normalized spacial score (nSPS) is 17.2. The van der Waals surface area contributed by atoms with Crippen molar-refractivity contribution in [1.29, 1.82) is 5.26 Å². The van der Waals surface area contributed by atoms with Gasteiger partial charge in [-0.2, -0.15) is 5.26 Å². The maximum Gasteiger partial charge on any atom is 0.338 e. The number of hydrogen-bond donors (Lipinski definition) is 1. The van der Waals surface area contributed by atoms with Gasteiger partial charge in [0.25, 0.3) is 6.48 Å². The lowest BCUT2D eigenvalue weighted by molar-refractivity contribution is -0.263. The first-order valence-corrected chi connectivity index (χ1v) is 9.02. The van der Waals surface area contributed by atoms with E-state index in [2.05, 4.69) is 6.58 Å². The Morgan fingerprint density at radius 3 is 2.93 bits per heavy atom. The summed E-state index contributed by atoms with van der Waals surface area (Å²) in [7, 11) is 1.65. The third-order valence-corrected chi connectivity index (χ3v) is 4.39. The number of benzene rings is 1. The van der Waals surface area contributed by atoms with Crippen molar-refractivity contribution in [3.05, 3.63) is 59.4 Å². The predicted octanol–water partition coefficient (Wildman–Crippen LogP) is 3.04. The van der Waals surface area contributed by atoms with Crippen molar-refractivity contribution in [2.24, 2.45) is 5.92 Å². The Labute approximate surface area is 164 Å². The van der Waals surface area contributed by atoms with E-state index in [1.165, 1.54) is 12.1 Å². The van der Waals surface area contributed by atoms with E-state index in [-0.39, 0.29) is 31.3 Å². The highest BCUT2D eigenvalue weighted by molar-refractivity contribution is 5.91. The fourth-order valence-electron chi connectivity index (χ4n) is 2.79. The molecule has 0 heterocycles. The molecule has 0 saturated carbocycles. The molecule has 0 bridgehead atoms. The van der Waals surface area contributed by atoms with E-state index in [0.29, 0.717) is 11.1 Å². The van der Waals surface area contributed by atoms with Gasteiger partial charge in [-0.1, -0.05) is 12.1 Å². The Balaban J connectivity index is 1.99. The number of nitriles is 1. The van der Waals surface area contributed by atoms with Crippen molar-refractivity contribution >= 4 is 5.97 Å². The number of esters is 1. The number of carbonyl (C=O) groups excluding carboxylic acids is 1. The van der Waals surface area contributed by atoms with E-state index in [9.17, 15) is 9.90 Å². The summed E-state index contributed by atoms with van der Waals surface area (Å²) < 4.78 is 20.8. The number of nitrogens with zero attached hydrogens (tertiary/aromatic N) is 1. The zero-order valence-corrected chi connectivity index (χ0v) is 15.9. The van der Waals surface area contributed by atoms with E-state index in [1.54, 1.807) is 19.2 Å². The topological polar surface area (TPSA) is 98.0 Å². The molecule has 0 aliphatic heterocycles. The fraction of sp³-hybridized carbons (Fsp3) is 0.429. The first kappa shape index (κ1) is 21.6. The molecule has 1 aliphatic rings. The molecule has 0 radical (unpaired) electrons. The molecule has 1 aromatic carbocycles. The largest absolute Gasteiger partial charge is 0.501 e. The van der Waals surface area contributed by atoms with Gasteiger partial charge in [0.2, 0.25) is 0 Å². The minimum atomic E-state index is -1.44. The van der Waals surface area contributed by atoms with E-state index in [4.69, 9.17) is 24.2 Å². The average molecular weight is 387 g/mol. The second-order valence-electron chi connectivity index (χ2n) is 6.34. The SMILES string of the molecule is C=CCOC(O)OCc1ccc(C#N)cc1C(=O)OCC1CC=C(OC)CC1. The molecule has 0 aromatic heterocycles. The van der Waals surface area contributed by atoms with E-state index >= 15 is 0 Å². The van der Waals surface area contributed by atoms with Gasteiger partial charge in [0.1, 0.15) is 0 Å².